The molecule has 8 nitrogen and oxygen atoms in total. The summed E-state index contributed by atoms with van der Waals surface area (Å²) in [5.41, 5.74) is 0.984. The molecule has 0 fully saturated rings. The minimum atomic E-state index is -1.14. The van der Waals surface area contributed by atoms with Crippen molar-refractivity contribution in [3.63, 3.8) is 0 Å². The molecule has 1 amide bonds. The van der Waals surface area contributed by atoms with Gasteiger partial charge >= 0.3 is 6.09 Å². The van der Waals surface area contributed by atoms with Crippen molar-refractivity contribution in [2.24, 2.45) is 0 Å². The molecule has 174 valence electrons. The lowest BCUT2D eigenvalue weighted by Crippen LogP contribution is -2.33. The van der Waals surface area contributed by atoms with Crippen molar-refractivity contribution in [2.45, 2.75) is 6.42 Å². The monoisotopic (exact) mass is 459 g/mol. The maximum atomic E-state index is 13.6. The summed E-state index contributed by atoms with van der Waals surface area (Å²) in [6, 6.07) is 10.9. The van der Waals surface area contributed by atoms with Crippen LogP contribution in [-0.2, 0) is 15.9 Å². The van der Waals surface area contributed by atoms with E-state index in [0.29, 0.717) is 24.5 Å². The Morgan fingerprint density at radius 1 is 1.09 bits per heavy atom. The van der Waals surface area contributed by atoms with Gasteiger partial charge in [-0.3, -0.25) is 9.69 Å². The van der Waals surface area contributed by atoms with Gasteiger partial charge in [0.25, 0.3) is 0 Å². The standard InChI is InChI=1S/C23H23F2N3O5/c1-32-9-10-33-8-7-27(23(30)31)19-4-2-3-16(11-19)12-21-22(29)5-6-28(26-21)20-14-17(24)13-18(25)15-20/h2-6,11,13-15H,7-10,12H2,1H3,(H,30,31). The molecule has 1 heterocycles. The number of methoxy groups -OCH3 is 1. The van der Waals surface area contributed by atoms with E-state index >= 15 is 0 Å². The fourth-order valence-corrected chi connectivity index (χ4v) is 3.15. The Labute approximate surface area is 188 Å². The number of rotatable bonds is 10. The first-order valence-corrected chi connectivity index (χ1v) is 10.1. The third-order valence-electron chi connectivity index (χ3n) is 4.71. The Morgan fingerprint density at radius 2 is 1.85 bits per heavy atom. The van der Waals surface area contributed by atoms with Gasteiger partial charge in [-0.15, -0.1) is 0 Å². The van der Waals surface area contributed by atoms with E-state index < -0.39 is 17.7 Å². The maximum absolute atomic E-state index is 13.6. The Balaban J connectivity index is 1.80. The number of nitrogens with zero attached hydrogens (tertiary/aromatic N) is 3. The van der Waals surface area contributed by atoms with Crippen LogP contribution < -0.4 is 10.3 Å². The third-order valence-corrected chi connectivity index (χ3v) is 4.71. The van der Waals surface area contributed by atoms with Crippen molar-refractivity contribution >= 4 is 11.8 Å². The number of carbonyl (C=O) groups is 1. The van der Waals surface area contributed by atoms with Crippen LogP contribution >= 0.6 is 0 Å². The van der Waals surface area contributed by atoms with Crippen LogP contribution in [0.5, 0.6) is 0 Å². The SMILES string of the molecule is COCCOCCN(C(=O)O)c1cccc(Cc2nn(-c3cc(F)cc(F)c3)ccc2=O)c1. The highest BCUT2D eigenvalue weighted by molar-refractivity contribution is 5.86. The molecule has 1 aromatic heterocycles. The number of hydrogen-bond donors (Lipinski definition) is 1. The van der Waals surface area contributed by atoms with Crippen LogP contribution in [-0.4, -0.2) is 54.5 Å². The molecule has 33 heavy (non-hydrogen) atoms. The largest absolute Gasteiger partial charge is 0.465 e. The van der Waals surface area contributed by atoms with Crippen molar-refractivity contribution in [1.29, 1.82) is 0 Å². The quantitative estimate of drug-likeness (QED) is 0.468. The molecule has 0 unspecified atom stereocenters. The van der Waals surface area contributed by atoms with Gasteiger partial charge in [-0.05, 0) is 29.8 Å². The highest BCUT2D eigenvalue weighted by atomic mass is 19.1. The summed E-state index contributed by atoms with van der Waals surface area (Å²) in [5, 5.41) is 13.8. The Kier molecular flexibility index (Phi) is 8.22. The molecule has 0 atom stereocenters. The second kappa shape index (κ2) is 11.3. The zero-order valence-electron chi connectivity index (χ0n) is 17.9. The summed E-state index contributed by atoms with van der Waals surface area (Å²) in [6.07, 6.45) is 0.283. The average molecular weight is 459 g/mol. The molecule has 3 aromatic rings. The molecule has 0 saturated carbocycles. The van der Waals surface area contributed by atoms with Gasteiger partial charge in [0.15, 0.2) is 0 Å². The van der Waals surface area contributed by atoms with Crippen LogP contribution in [0.25, 0.3) is 5.69 Å². The summed E-state index contributed by atoms with van der Waals surface area (Å²) < 4.78 is 38.6. The molecule has 2 aromatic carbocycles. The Bertz CT molecular complexity index is 1150. The fraction of sp³-hybridized carbons (Fsp3) is 0.261. The number of benzene rings is 2. The molecule has 0 bridgehead atoms. The molecule has 10 heteroatoms. The van der Waals surface area contributed by atoms with Gasteiger partial charge in [0.05, 0.1) is 32.1 Å². The van der Waals surface area contributed by atoms with Crippen molar-refractivity contribution < 1.29 is 28.2 Å². The van der Waals surface area contributed by atoms with Crippen molar-refractivity contribution in [2.75, 3.05) is 38.4 Å². The number of carboxylic acid groups (broad SMARTS) is 1. The first kappa shape index (κ1) is 24.0. The zero-order valence-corrected chi connectivity index (χ0v) is 17.9. The van der Waals surface area contributed by atoms with Crippen molar-refractivity contribution in [1.82, 2.24) is 9.78 Å². The molecule has 0 aliphatic rings. The molecule has 1 N–H and O–H groups in total. The van der Waals surface area contributed by atoms with E-state index in [1.807, 2.05) is 0 Å². The number of aromatic nitrogens is 2. The normalized spacial score (nSPS) is 10.9. The lowest BCUT2D eigenvalue weighted by Gasteiger charge is -2.20. The lowest BCUT2D eigenvalue weighted by molar-refractivity contribution is 0.0738. The summed E-state index contributed by atoms with van der Waals surface area (Å²) in [6.45, 7) is 1.07. The topological polar surface area (TPSA) is 93.9 Å². The molecule has 3 rings (SSSR count). The van der Waals surface area contributed by atoms with Gasteiger partial charge in [-0.2, -0.15) is 5.10 Å². The second-order valence-electron chi connectivity index (χ2n) is 7.08. The predicted molar refractivity (Wildman–Crippen MR) is 117 cm³/mol. The summed E-state index contributed by atoms with van der Waals surface area (Å²) in [7, 11) is 1.55. The van der Waals surface area contributed by atoms with E-state index in [1.165, 1.54) is 16.9 Å². The maximum Gasteiger partial charge on any atom is 0.411 e. The first-order valence-electron chi connectivity index (χ1n) is 10.1. The first-order chi connectivity index (χ1) is 15.9. The summed E-state index contributed by atoms with van der Waals surface area (Å²) in [5.74, 6) is -1.53. The molecular weight excluding hydrogens is 436 g/mol. The van der Waals surface area contributed by atoms with Gasteiger partial charge in [0.2, 0.25) is 5.43 Å². The Morgan fingerprint density at radius 3 is 2.55 bits per heavy atom. The number of halogens is 2. The van der Waals surface area contributed by atoms with Crippen LogP contribution in [0.4, 0.5) is 19.3 Å². The zero-order chi connectivity index (χ0) is 23.8. The van der Waals surface area contributed by atoms with Gasteiger partial charge in [0.1, 0.15) is 17.3 Å². The van der Waals surface area contributed by atoms with E-state index in [9.17, 15) is 23.5 Å². The third kappa shape index (κ3) is 6.67. The minimum absolute atomic E-state index is 0.100. The molecule has 0 aliphatic heterocycles. The van der Waals surface area contributed by atoms with Crippen molar-refractivity contribution in [3.8, 4) is 5.69 Å². The molecular formula is C23H23F2N3O5. The van der Waals surface area contributed by atoms with E-state index in [2.05, 4.69) is 5.10 Å². The van der Waals surface area contributed by atoms with Gasteiger partial charge < -0.3 is 14.6 Å². The minimum Gasteiger partial charge on any atom is -0.465 e. The van der Waals surface area contributed by atoms with E-state index in [4.69, 9.17) is 9.47 Å². The molecule has 0 saturated heterocycles. The smallest absolute Gasteiger partial charge is 0.411 e. The molecule has 0 aliphatic carbocycles. The van der Waals surface area contributed by atoms with Gasteiger partial charge in [-0.1, -0.05) is 12.1 Å². The fourth-order valence-electron chi connectivity index (χ4n) is 3.15. The molecule has 0 radical (unpaired) electrons. The highest BCUT2D eigenvalue weighted by Crippen LogP contribution is 2.18. The number of hydrogen-bond acceptors (Lipinski definition) is 5. The van der Waals surface area contributed by atoms with Gasteiger partial charge in [-0.25, -0.2) is 18.3 Å². The van der Waals surface area contributed by atoms with Crippen LogP contribution in [0.1, 0.15) is 11.3 Å². The van der Waals surface area contributed by atoms with Crippen LogP contribution in [0.15, 0.2) is 59.5 Å². The predicted octanol–water partition coefficient (Wildman–Crippen LogP) is 3.25. The summed E-state index contributed by atoms with van der Waals surface area (Å²) in [4.78, 5) is 25.2. The second-order valence-corrected chi connectivity index (χ2v) is 7.08. The van der Waals surface area contributed by atoms with E-state index in [1.54, 1.807) is 31.4 Å². The number of ether oxygens (including phenoxy) is 2. The van der Waals surface area contributed by atoms with Gasteiger partial charge in [0, 0.05) is 37.5 Å². The number of amides is 1. The van der Waals surface area contributed by atoms with Crippen LogP contribution in [0, 0.1) is 11.6 Å². The summed E-state index contributed by atoms with van der Waals surface area (Å²) >= 11 is 0. The van der Waals surface area contributed by atoms with Crippen molar-refractivity contribution in [3.05, 3.63) is 87.8 Å². The van der Waals surface area contributed by atoms with Crippen LogP contribution in [0.3, 0.4) is 0 Å². The van der Waals surface area contributed by atoms with E-state index in [0.717, 1.165) is 23.1 Å². The Hall–Kier alpha value is -3.63. The lowest BCUT2D eigenvalue weighted by atomic mass is 10.1. The molecule has 0 spiro atoms. The van der Waals surface area contributed by atoms with Crippen LogP contribution in [0.2, 0.25) is 0 Å². The highest BCUT2D eigenvalue weighted by Gasteiger charge is 2.15. The van der Waals surface area contributed by atoms with E-state index in [-0.39, 0.29) is 36.4 Å². The number of anilines is 1. The average Bonchev–Trinajstić information content (AvgIpc) is 2.77.